The predicted octanol–water partition coefficient (Wildman–Crippen LogP) is 1.85. The van der Waals surface area contributed by atoms with Crippen molar-refractivity contribution in [3.05, 3.63) is 5.82 Å². The molecular formula is C12H20N4S. The van der Waals surface area contributed by atoms with Gasteiger partial charge in [-0.15, -0.1) is 10.2 Å². The van der Waals surface area contributed by atoms with Gasteiger partial charge < -0.3 is 9.88 Å². The highest BCUT2D eigenvalue weighted by Crippen LogP contribution is 2.23. The Labute approximate surface area is 107 Å². The fraction of sp³-hybridized carbons (Fsp3) is 0.833. The maximum atomic E-state index is 4.35. The molecule has 5 heteroatoms. The van der Waals surface area contributed by atoms with E-state index in [1.54, 1.807) is 0 Å². The minimum absolute atomic E-state index is 0.679. The number of rotatable bonds is 3. The second kappa shape index (κ2) is 5.40. The largest absolute Gasteiger partial charge is 0.313 e. The van der Waals surface area contributed by atoms with Crippen LogP contribution in [0.15, 0.2) is 5.16 Å². The van der Waals surface area contributed by atoms with Gasteiger partial charge in [-0.2, -0.15) is 0 Å². The molecule has 1 atom stereocenters. The molecule has 0 unspecified atom stereocenters. The number of hydrogen-bond donors (Lipinski definition) is 1. The Hall–Kier alpha value is -0.550. The van der Waals surface area contributed by atoms with E-state index in [-0.39, 0.29) is 0 Å². The van der Waals surface area contributed by atoms with Crippen LogP contribution in [0.25, 0.3) is 0 Å². The standard InChI is InChI=1S/C12H20N4S/c1-2-6-11-14-15-12(16(11)8-3-1)17-9-10-5-4-7-13-10/h10,13H,1-9H2/t10-/m0/s1. The normalized spacial score (nSPS) is 24.6. The van der Waals surface area contributed by atoms with Crippen molar-refractivity contribution >= 4 is 11.8 Å². The summed E-state index contributed by atoms with van der Waals surface area (Å²) < 4.78 is 2.34. The van der Waals surface area contributed by atoms with E-state index in [1.165, 1.54) is 44.5 Å². The number of thioether (sulfide) groups is 1. The smallest absolute Gasteiger partial charge is 0.191 e. The van der Waals surface area contributed by atoms with Crippen LogP contribution in [-0.2, 0) is 13.0 Å². The zero-order valence-corrected chi connectivity index (χ0v) is 11.0. The second-order valence-electron chi connectivity index (χ2n) is 4.97. The van der Waals surface area contributed by atoms with Crippen LogP contribution in [0, 0.1) is 0 Å². The third-order valence-corrected chi connectivity index (χ3v) is 4.78. The molecule has 0 radical (unpaired) electrons. The molecular weight excluding hydrogens is 232 g/mol. The Kier molecular flexibility index (Phi) is 3.66. The van der Waals surface area contributed by atoms with Gasteiger partial charge in [0.25, 0.3) is 0 Å². The molecule has 1 fully saturated rings. The Bertz CT molecular complexity index is 371. The van der Waals surface area contributed by atoms with E-state index in [0.29, 0.717) is 6.04 Å². The molecule has 0 aromatic carbocycles. The minimum atomic E-state index is 0.679. The van der Waals surface area contributed by atoms with Crippen molar-refractivity contribution in [1.82, 2.24) is 20.1 Å². The van der Waals surface area contributed by atoms with Crippen LogP contribution in [0.5, 0.6) is 0 Å². The van der Waals surface area contributed by atoms with Gasteiger partial charge in [-0.05, 0) is 32.2 Å². The van der Waals surface area contributed by atoms with E-state index in [1.807, 2.05) is 11.8 Å². The van der Waals surface area contributed by atoms with Crippen LogP contribution in [0.3, 0.4) is 0 Å². The van der Waals surface area contributed by atoms with Crippen molar-refractivity contribution in [1.29, 1.82) is 0 Å². The molecule has 1 N–H and O–H groups in total. The minimum Gasteiger partial charge on any atom is -0.313 e. The van der Waals surface area contributed by atoms with Crippen molar-refractivity contribution < 1.29 is 0 Å². The van der Waals surface area contributed by atoms with Gasteiger partial charge in [0, 0.05) is 24.8 Å². The molecule has 1 aromatic rings. The third kappa shape index (κ3) is 2.65. The maximum absolute atomic E-state index is 4.35. The van der Waals surface area contributed by atoms with E-state index in [4.69, 9.17) is 0 Å². The zero-order valence-electron chi connectivity index (χ0n) is 10.2. The topological polar surface area (TPSA) is 42.7 Å². The van der Waals surface area contributed by atoms with Gasteiger partial charge in [0.05, 0.1) is 0 Å². The maximum Gasteiger partial charge on any atom is 0.191 e. The molecule has 1 aromatic heterocycles. The van der Waals surface area contributed by atoms with Gasteiger partial charge >= 0.3 is 0 Å². The van der Waals surface area contributed by atoms with Gasteiger partial charge in [0.2, 0.25) is 0 Å². The fourth-order valence-electron chi connectivity index (χ4n) is 2.64. The van der Waals surface area contributed by atoms with Crippen molar-refractivity contribution in [3.8, 4) is 0 Å². The Morgan fingerprint density at radius 3 is 3.12 bits per heavy atom. The number of aromatic nitrogens is 3. The van der Waals surface area contributed by atoms with Crippen molar-refractivity contribution in [2.45, 2.75) is 56.3 Å². The first kappa shape index (κ1) is 11.5. The fourth-order valence-corrected chi connectivity index (χ4v) is 3.73. The molecule has 4 nitrogen and oxygen atoms in total. The van der Waals surface area contributed by atoms with E-state index in [0.717, 1.165) is 23.9 Å². The van der Waals surface area contributed by atoms with Crippen LogP contribution in [0.4, 0.5) is 0 Å². The summed E-state index contributed by atoms with van der Waals surface area (Å²) in [6, 6.07) is 0.679. The molecule has 0 aliphatic carbocycles. The summed E-state index contributed by atoms with van der Waals surface area (Å²) in [6.45, 7) is 2.30. The second-order valence-corrected chi connectivity index (χ2v) is 5.95. The first-order valence-corrected chi connectivity index (χ1v) is 7.70. The van der Waals surface area contributed by atoms with Gasteiger partial charge in [-0.25, -0.2) is 0 Å². The predicted molar refractivity (Wildman–Crippen MR) is 69.3 cm³/mol. The van der Waals surface area contributed by atoms with Crippen molar-refractivity contribution in [2.75, 3.05) is 12.3 Å². The molecule has 3 rings (SSSR count). The van der Waals surface area contributed by atoms with Gasteiger partial charge in [0.1, 0.15) is 5.82 Å². The summed E-state index contributed by atoms with van der Waals surface area (Å²) in [6.07, 6.45) is 7.62. The molecule has 1 saturated heterocycles. The average Bonchev–Trinajstić information content (AvgIpc) is 2.92. The molecule has 0 spiro atoms. The highest BCUT2D eigenvalue weighted by molar-refractivity contribution is 7.99. The lowest BCUT2D eigenvalue weighted by Crippen LogP contribution is -2.23. The number of nitrogens with one attached hydrogen (secondary N) is 1. The monoisotopic (exact) mass is 252 g/mol. The Morgan fingerprint density at radius 2 is 2.24 bits per heavy atom. The van der Waals surface area contributed by atoms with Gasteiger partial charge in [0.15, 0.2) is 5.16 Å². The SMILES string of the molecule is C1CCc2nnc(SC[C@@H]3CCCN3)n2CC1. The van der Waals surface area contributed by atoms with Crippen molar-refractivity contribution in [2.24, 2.45) is 0 Å². The first-order chi connectivity index (χ1) is 8.43. The molecule has 2 aliphatic heterocycles. The Morgan fingerprint density at radius 1 is 1.24 bits per heavy atom. The lowest BCUT2D eigenvalue weighted by atomic mass is 10.2. The van der Waals surface area contributed by atoms with Gasteiger partial charge in [-0.1, -0.05) is 18.2 Å². The summed E-state index contributed by atoms with van der Waals surface area (Å²) in [4.78, 5) is 0. The van der Waals surface area contributed by atoms with Crippen LogP contribution < -0.4 is 5.32 Å². The molecule has 2 aliphatic rings. The zero-order chi connectivity index (χ0) is 11.5. The molecule has 0 amide bonds. The van der Waals surface area contributed by atoms with Crippen LogP contribution in [0.1, 0.15) is 37.9 Å². The summed E-state index contributed by atoms with van der Waals surface area (Å²) in [5, 5.41) is 13.4. The van der Waals surface area contributed by atoms with E-state index in [9.17, 15) is 0 Å². The molecule has 0 saturated carbocycles. The highest BCUT2D eigenvalue weighted by Gasteiger charge is 2.18. The van der Waals surface area contributed by atoms with Gasteiger partial charge in [-0.3, -0.25) is 0 Å². The van der Waals surface area contributed by atoms with Crippen LogP contribution in [0.2, 0.25) is 0 Å². The molecule has 94 valence electrons. The number of nitrogens with zero attached hydrogens (tertiary/aromatic N) is 3. The lowest BCUT2D eigenvalue weighted by Gasteiger charge is -2.10. The Balaban J connectivity index is 1.64. The summed E-state index contributed by atoms with van der Waals surface area (Å²) in [7, 11) is 0. The summed E-state index contributed by atoms with van der Waals surface area (Å²) in [5.41, 5.74) is 0. The lowest BCUT2D eigenvalue weighted by molar-refractivity contribution is 0.589. The molecule has 0 bridgehead atoms. The van der Waals surface area contributed by atoms with Crippen LogP contribution in [-0.4, -0.2) is 33.1 Å². The quantitative estimate of drug-likeness (QED) is 0.834. The number of aryl methyl sites for hydroxylation is 1. The molecule has 3 heterocycles. The first-order valence-electron chi connectivity index (χ1n) is 6.72. The summed E-state index contributed by atoms with van der Waals surface area (Å²) in [5.74, 6) is 2.34. The number of fused-ring (bicyclic) bond motifs is 1. The van der Waals surface area contributed by atoms with E-state index >= 15 is 0 Å². The average molecular weight is 252 g/mol. The van der Waals surface area contributed by atoms with E-state index in [2.05, 4.69) is 20.1 Å². The molecule has 17 heavy (non-hydrogen) atoms. The summed E-state index contributed by atoms with van der Waals surface area (Å²) >= 11 is 1.88. The van der Waals surface area contributed by atoms with Crippen LogP contribution >= 0.6 is 11.8 Å². The van der Waals surface area contributed by atoms with Crippen molar-refractivity contribution in [3.63, 3.8) is 0 Å². The number of hydrogen-bond acceptors (Lipinski definition) is 4. The highest BCUT2D eigenvalue weighted by atomic mass is 32.2. The van der Waals surface area contributed by atoms with E-state index < -0.39 is 0 Å². The third-order valence-electron chi connectivity index (χ3n) is 3.65.